The predicted octanol–water partition coefficient (Wildman–Crippen LogP) is 4.35. The van der Waals surface area contributed by atoms with Crippen LogP contribution in [0.1, 0.15) is 28.8 Å². The number of rotatable bonds is 5. The van der Waals surface area contributed by atoms with Gasteiger partial charge in [0.1, 0.15) is 0 Å². The van der Waals surface area contributed by atoms with Gasteiger partial charge >= 0.3 is 0 Å². The molecular weight excluding hydrogens is 470 g/mol. The Morgan fingerprint density at radius 2 is 2.03 bits per heavy atom. The molecule has 4 heterocycles. The third-order valence-electron chi connectivity index (χ3n) is 7.12. The monoisotopic (exact) mass is 495 g/mol. The van der Waals surface area contributed by atoms with Crippen molar-refractivity contribution >= 4 is 45.0 Å². The lowest BCUT2D eigenvalue weighted by Crippen LogP contribution is -2.31. The molecule has 2 saturated heterocycles. The predicted molar refractivity (Wildman–Crippen MR) is 133 cm³/mol. The van der Waals surface area contributed by atoms with Gasteiger partial charge in [-0.05, 0) is 67.3 Å². The van der Waals surface area contributed by atoms with Crippen LogP contribution in [0.25, 0.3) is 21.3 Å². The van der Waals surface area contributed by atoms with Crippen molar-refractivity contribution in [1.29, 1.82) is 0 Å². The summed E-state index contributed by atoms with van der Waals surface area (Å²) < 4.78 is 7.15. The molecule has 3 atom stereocenters. The molecule has 3 aromatic rings. The van der Waals surface area contributed by atoms with Gasteiger partial charge in [-0.2, -0.15) is 0 Å². The fourth-order valence-corrected chi connectivity index (χ4v) is 6.65. The van der Waals surface area contributed by atoms with Crippen molar-refractivity contribution in [3.63, 3.8) is 0 Å². The number of carbonyl (C=O) groups excluding carboxylic acids is 2. The van der Waals surface area contributed by atoms with E-state index in [1.165, 1.54) is 10.5 Å². The van der Waals surface area contributed by atoms with Crippen LogP contribution in [-0.4, -0.2) is 47.5 Å². The molecule has 34 heavy (non-hydrogen) atoms. The second-order valence-corrected chi connectivity index (χ2v) is 11.1. The first-order chi connectivity index (χ1) is 16.5. The molecule has 0 bridgehead atoms. The minimum Gasteiger partial charge on any atom is -0.377 e. The van der Waals surface area contributed by atoms with Gasteiger partial charge in [0.15, 0.2) is 0 Å². The van der Waals surface area contributed by atoms with Crippen LogP contribution in [0.4, 0.5) is 0 Å². The van der Waals surface area contributed by atoms with Crippen molar-refractivity contribution in [2.75, 3.05) is 19.7 Å². The van der Waals surface area contributed by atoms with E-state index in [-0.39, 0.29) is 29.8 Å². The van der Waals surface area contributed by atoms with Crippen LogP contribution in [0.3, 0.4) is 0 Å². The molecule has 0 radical (unpaired) electrons. The van der Waals surface area contributed by atoms with Gasteiger partial charge in [-0.3, -0.25) is 19.5 Å². The maximum atomic E-state index is 12.5. The van der Waals surface area contributed by atoms with E-state index in [2.05, 4.69) is 17.2 Å². The van der Waals surface area contributed by atoms with E-state index in [4.69, 9.17) is 16.3 Å². The molecule has 2 aliphatic heterocycles. The smallest absolute Gasteiger partial charge is 0.233 e. The van der Waals surface area contributed by atoms with Gasteiger partial charge in [0.25, 0.3) is 0 Å². The molecule has 3 aliphatic rings. The zero-order valence-electron chi connectivity index (χ0n) is 19.0. The number of hydrogen-bond acceptors (Lipinski definition) is 6. The highest BCUT2D eigenvalue weighted by molar-refractivity contribution is 7.19. The number of amides is 2. The van der Waals surface area contributed by atoms with E-state index < -0.39 is 0 Å². The minimum absolute atomic E-state index is 0.0228. The Morgan fingerprint density at radius 1 is 1.21 bits per heavy atom. The number of piperidine rings is 1. The number of ether oxygens (including phenoxy) is 1. The van der Waals surface area contributed by atoms with Crippen LogP contribution >= 0.6 is 22.9 Å². The summed E-state index contributed by atoms with van der Waals surface area (Å²) >= 11 is 8.12. The van der Waals surface area contributed by atoms with Crippen molar-refractivity contribution in [2.24, 2.45) is 11.8 Å². The standard InChI is InChI=1S/C26H26ClN3O3S/c1-14-7-15(27)8-20(19(14)9-16-12-28-4-2-6-33-16)18-3-5-29-23-10-17(34-24(18)23)13-30-25(31)21-11-22(21)26(30)32/h3,5,7-8,10,16,21-22,28H,2,4,6,9,11-13H2,1H3. The number of thiophene rings is 1. The van der Waals surface area contributed by atoms with Gasteiger partial charge in [-0.25, -0.2) is 0 Å². The molecule has 2 amide bonds. The second-order valence-electron chi connectivity index (χ2n) is 9.50. The number of imide groups is 1. The summed E-state index contributed by atoms with van der Waals surface area (Å²) in [6.45, 7) is 5.01. The van der Waals surface area contributed by atoms with Crippen molar-refractivity contribution in [3.05, 3.63) is 51.5 Å². The first-order valence-corrected chi connectivity index (χ1v) is 13.0. The fourth-order valence-electron chi connectivity index (χ4n) is 5.25. The molecule has 0 spiro atoms. The number of carbonyl (C=O) groups is 2. The molecule has 1 saturated carbocycles. The van der Waals surface area contributed by atoms with E-state index in [9.17, 15) is 9.59 Å². The lowest BCUT2D eigenvalue weighted by Gasteiger charge is -2.20. The Hall–Kier alpha value is -2.32. The molecule has 3 unspecified atom stereocenters. The van der Waals surface area contributed by atoms with Gasteiger partial charge in [0, 0.05) is 41.2 Å². The summed E-state index contributed by atoms with van der Waals surface area (Å²) in [5.74, 6) is -0.197. The number of aromatic nitrogens is 1. The Balaban J connectivity index is 1.37. The van der Waals surface area contributed by atoms with Crippen LogP contribution in [-0.2, 0) is 27.3 Å². The highest BCUT2D eigenvalue weighted by atomic mass is 35.5. The van der Waals surface area contributed by atoms with Crippen LogP contribution in [0.5, 0.6) is 0 Å². The number of halogens is 1. The molecule has 176 valence electrons. The van der Waals surface area contributed by atoms with E-state index in [1.54, 1.807) is 11.3 Å². The zero-order valence-corrected chi connectivity index (χ0v) is 20.5. The third kappa shape index (κ3) is 3.94. The molecule has 6 rings (SSSR count). The molecule has 1 N–H and O–H groups in total. The number of likely N-dealkylation sites (tertiary alicyclic amines) is 1. The normalized spacial score (nSPS) is 24.5. The topological polar surface area (TPSA) is 71.5 Å². The number of hydrogen-bond donors (Lipinski definition) is 1. The average Bonchev–Trinajstić information content (AvgIpc) is 3.52. The molecule has 6 nitrogen and oxygen atoms in total. The maximum absolute atomic E-state index is 12.5. The highest BCUT2D eigenvalue weighted by Gasteiger charge is 2.58. The van der Waals surface area contributed by atoms with E-state index >= 15 is 0 Å². The zero-order chi connectivity index (χ0) is 23.4. The first kappa shape index (κ1) is 22.2. The third-order valence-corrected chi connectivity index (χ3v) is 8.48. The number of nitrogens with zero attached hydrogens (tertiary/aromatic N) is 2. The molecular formula is C26H26ClN3O3S. The average molecular weight is 496 g/mol. The molecule has 1 aromatic carbocycles. The lowest BCUT2D eigenvalue weighted by molar-refractivity contribution is -0.141. The first-order valence-electron chi connectivity index (χ1n) is 11.8. The Kier molecular flexibility index (Phi) is 5.68. The van der Waals surface area contributed by atoms with Crippen LogP contribution in [0.2, 0.25) is 5.02 Å². The number of aryl methyl sites for hydroxylation is 1. The highest BCUT2D eigenvalue weighted by Crippen LogP contribution is 2.48. The van der Waals surface area contributed by atoms with Gasteiger partial charge in [-0.1, -0.05) is 11.6 Å². The minimum atomic E-state index is -0.0757. The fraction of sp³-hybridized carbons (Fsp3) is 0.423. The number of nitrogens with one attached hydrogen (secondary N) is 1. The summed E-state index contributed by atoms with van der Waals surface area (Å²) in [5, 5.41) is 4.17. The van der Waals surface area contributed by atoms with Crippen LogP contribution in [0.15, 0.2) is 30.5 Å². The maximum Gasteiger partial charge on any atom is 0.233 e. The Labute approximate surface area is 207 Å². The molecule has 3 fully saturated rings. The summed E-state index contributed by atoms with van der Waals surface area (Å²) in [4.78, 5) is 31.9. The largest absolute Gasteiger partial charge is 0.377 e. The summed E-state index contributed by atoms with van der Waals surface area (Å²) in [6.07, 6.45) is 4.47. The quantitative estimate of drug-likeness (QED) is 0.533. The Bertz CT molecular complexity index is 1280. The summed E-state index contributed by atoms with van der Waals surface area (Å²) in [6, 6.07) is 8.08. The summed E-state index contributed by atoms with van der Waals surface area (Å²) in [7, 11) is 0. The van der Waals surface area contributed by atoms with Gasteiger partial charge in [0.05, 0.1) is 34.7 Å². The van der Waals surface area contributed by atoms with Crippen LogP contribution < -0.4 is 5.32 Å². The van der Waals surface area contributed by atoms with E-state index in [0.29, 0.717) is 11.6 Å². The lowest BCUT2D eigenvalue weighted by atomic mass is 9.92. The van der Waals surface area contributed by atoms with Gasteiger partial charge < -0.3 is 10.1 Å². The van der Waals surface area contributed by atoms with Gasteiger partial charge in [-0.15, -0.1) is 11.3 Å². The SMILES string of the molecule is Cc1cc(Cl)cc(-c2ccnc3cc(CN4C(=O)C5CC5C4=O)sc23)c1CC1CNCCCO1. The Morgan fingerprint density at radius 3 is 2.85 bits per heavy atom. The number of pyridine rings is 1. The molecule has 1 aliphatic carbocycles. The van der Waals surface area contributed by atoms with Crippen LogP contribution in [0, 0.1) is 18.8 Å². The van der Waals surface area contributed by atoms with E-state index in [0.717, 1.165) is 70.7 Å². The molecule has 2 aromatic heterocycles. The number of fused-ring (bicyclic) bond motifs is 2. The summed E-state index contributed by atoms with van der Waals surface area (Å²) in [5.41, 5.74) is 5.41. The second kappa shape index (κ2) is 8.72. The van der Waals surface area contributed by atoms with Crippen molar-refractivity contribution < 1.29 is 14.3 Å². The van der Waals surface area contributed by atoms with Crippen molar-refractivity contribution in [3.8, 4) is 11.1 Å². The number of benzene rings is 1. The van der Waals surface area contributed by atoms with E-state index in [1.807, 2.05) is 30.5 Å². The van der Waals surface area contributed by atoms with Gasteiger partial charge in [0.2, 0.25) is 11.8 Å². The molecule has 8 heteroatoms. The van der Waals surface area contributed by atoms with Crippen molar-refractivity contribution in [1.82, 2.24) is 15.2 Å². The van der Waals surface area contributed by atoms with Crippen molar-refractivity contribution in [2.45, 2.75) is 38.8 Å².